The predicted molar refractivity (Wildman–Crippen MR) is 79.7 cm³/mol. The summed E-state index contributed by atoms with van der Waals surface area (Å²) in [6.45, 7) is 8.12. The monoisotopic (exact) mass is 256 g/mol. The Balaban J connectivity index is 2.42. The molecule has 0 bridgehead atoms. The lowest BCUT2D eigenvalue weighted by molar-refractivity contribution is 0.868. The van der Waals surface area contributed by atoms with Crippen molar-refractivity contribution in [3.8, 4) is 0 Å². The predicted octanol–water partition coefficient (Wildman–Crippen LogP) is 3.54. The van der Waals surface area contributed by atoms with E-state index < -0.39 is 0 Å². The molecule has 0 saturated heterocycles. The molecule has 0 fully saturated rings. The molecule has 0 spiro atoms. The quantitative estimate of drug-likeness (QED) is 0.881. The van der Waals surface area contributed by atoms with E-state index in [-0.39, 0.29) is 0 Å². The number of rotatable bonds is 3. The van der Waals surface area contributed by atoms with Crippen molar-refractivity contribution < 1.29 is 0 Å². The molecule has 1 aromatic heterocycles. The van der Waals surface area contributed by atoms with Crippen LogP contribution in [0, 0.1) is 13.8 Å². The minimum atomic E-state index is 0.448. The number of anilines is 3. The maximum atomic E-state index is 5.88. The highest BCUT2D eigenvalue weighted by atomic mass is 15.1. The lowest BCUT2D eigenvalue weighted by Crippen LogP contribution is -2.06. The summed E-state index contributed by atoms with van der Waals surface area (Å²) in [5, 5.41) is 3.37. The highest BCUT2D eigenvalue weighted by Crippen LogP contribution is 2.28. The molecule has 100 valence electrons. The van der Waals surface area contributed by atoms with Crippen molar-refractivity contribution in [1.82, 2.24) is 9.97 Å². The van der Waals surface area contributed by atoms with Gasteiger partial charge in [-0.15, -0.1) is 0 Å². The van der Waals surface area contributed by atoms with E-state index in [4.69, 9.17) is 5.73 Å². The van der Waals surface area contributed by atoms with Gasteiger partial charge in [-0.25, -0.2) is 9.97 Å². The van der Waals surface area contributed by atoms with E-state index in [1.807, 2.05) is 26.0 Å². The van der Waals surface area contributed by atoms with Gasteiger partial charge in [0.2, 0.25) is 0 Å². The van der Waals surface area contributed by atoms with Crippen LogP contribution in [-0.2, 0) is 0 Å². The Labute approximate surface area is 114 Å². The summed E-state index contributed by atoms with van der Waals surface area (Å²) in [6, 6.07) is 8.25. The van der Waals surface area contributed by atoms with Crippen molar-refractivity contribution in [3.63, 3.8) is 0 Å². The molecule has 19 heavy (non-hydrogen) atoms. The van der Waals surface area contributed by atoms with Crippen LogP contribution in [0.4, 0.5) is 17.3 Å². The average molecular weight is 256 g/mol. The van der Waals surface area contributed by atoms with Crippen molar-refractivity contribution in [3.05, 3.63) is 41.2 Å². The molecule has 0 aliphatic heterocycles. The van der Waals surface area contributed by atoms with Gasteiger partial charge in [-0.2, -0.15) is 0 Å². The number of nitrogens with one attached hydrogen (secondary N) is 1. The maximum Gasteiger partial charge on any atom is 0.139 e. The van der Waals surface area contributed by atoms with Crippen molar-refractivity contribution in [2.75, 3.05) is 11.1 Å². The van der Waals surface area contributed by atoms with Crippen LogP contribution in [0.15, 0.2) is 24.3 Å². The van der Waals surface area contributed by atoms with Gasteiger partial charge in [0, 0.05) is 11.3 Å². The first-order valence-corrected chi connectivity index (χ1v) is 6.45. The number of hydrogen-bond acceptors (Lipinski definition) is 4. The first-order valence-electron chi connectivity index (χ1n) is 6.45. The third-order valence-electron chi connectivity index (χ3n) is 3.13. The van der Waals surface area contributed by atoms with Crippen LogP contribution < -0.4 is 11.1 Å². The van der Waals surface area contributed by atoms with Gasteiger partial charge in [-0.3, -0.25) is 0 Å². The molecule has 2 rings (SSSR count). The first kappa shape index (κ1) is 13.3. The molecule has 0 aliphatic rings. The Bertz CT molecular complexity index is 591. The summed E-state index contributed by atoms with van der Waals surface area (Å²) in [5.41, 5.74) is 9.09. The lowest BCUT2D eigenvalue weighted by Gasteiger charge is -2.16. The van der Waals surface area contributed by atoms with E-state index in [2.05, 4.69) is 41.3 Å². The second-order valence-corrected chi connectivity index (χ2v) is 5.00. The van der Waals surface area contributed by atoms with E-state index in [9.17, 15) is 0 Å². The number of nitrogen functional groups attached to an aromatic ring is 1. The molecule has 4 nitrogen and oxygen atoms in total. The lowest BCUT2D eigenvalue weighted by atomic mass is 10.0. The zero-order valence-corrected chi connectivity index (χ0v) is 11.9. The SMILES string of the molecule is Cc1nc(N)c(C)c(Nc2ccccc2C(C)C)n1. The summed E-state index contributed by atoms with van der Waals surface area (Å²) in [4.78, 5) is 8.59. The highest BCUT2D eigenvalue weighted by Gasteiger charge is 2.10. The smallest absolute Gasteiger partial charge is 0.139 e. The van der Waals surface area contributed by atoms with Gasteiger partial charge in [-0.1, -0.05) is 32.0 Å². The third-order valence-corrected chi connectivity index (χ3v) is 3.13. The molecule has 0 aliphatic carbocycles. The standard InChI is InChI=1S/C15H20N4/c1-9(2)12-7-5-6-8-13(12)19-15-10(3)14(16)17-11(4)18-15/h5-9H,1-4H3,(H3,16,17,18,19). The fourth-order valence-corrected chi connectivity index (χ4v) is 2.01. The number of nitrogens with two attached hydrogens (primary N) is 1. The van der Waals surface area contributed by atoms with E-state index in [0.29, 0.717) is 17.6 Å². The third kappa shape index (κ3) is 2.84. The van der Waals surface area contributed by atoms with Crippen LogP contribution in [0.2, 0.25) is 0 Å². The van der Waals surface area contributed by atoms with Gasteiger partial charge in [0.1, 0.15) is 17.5 Å². The number of nitrogens with zero attached hydrogens (tertiary/aromatic N) is 2. The summed E-state index contributed by atoms with van der Waals surface area (Å²) < 4.78 is 0. The Kier molecular flexibility index (Phi) is 3.69. The number of benzene rings is 1. The van der Waals surface area contributed by atoms with Gasteiger partial charge in [0.25, 0.3) is 0 Å². The van der Waals surface area contributed by atoms with Gasteiger partial charge < -0.3 is 11.1 Å². The van der Waals surface area contributed by atoms with E-state index in [1.54, 1.807) is 0 Å². The molecule has 0 saturated carbocycles. The maximum absolute atomic E-state index is 5.88. The number of hydrogen-bond donors (Lipinski definition) is 2. The number of aromatic nitrogens is 2. The molecule has 4 heteroatoms. The second kappa shape index (κ2) is 5.26. The molecular formula is C15H20N4. The minimum absolute atomic E-state index is 0.448. The first-order chi connectivity index (χ1) is 8.99. The van der Waals surface area contributed by atoms with Crippen molar-refractivity contribution >= 4 is 17.3 Å². The van der Waals surface area contributed by atoms with Crippen molar-refractivity contribution in [1.29, 1.82) is 0 Å². The fraction of sp³-hybridized carbons (Fsp3) is 0.333. The van der Waals surface area contributed by atoms with Crippen molar-refractivity contribution in [2.24, 2.45) is 0 Å². The number of para-hydroxylation sites is 1. The van der Waals surface area contributed by atoms with E-state index >= 15 is 0 Å². The van der Waals surface area contributed by atoms with E-state index in [1.165, 1.54) is 5.56 Å². The largest absolute Gasteiger partial charge is 0.383 e. The van der Waals surface area contributed by atoms with Gasteiger partial charge >= 0.3 is 0 Å². The van der Waals surface area contributed by atoms with E-state index in [0.717, 1.165) is 17.1 Å². The summed E-state index contributed by atoms with van der Waals surface area (Å²) >= 11 is 0. The second-order valence-electron chi connectivity index (χ2n) is 5.00. The molecule has 0 amide bonds. The van der Waals surface area contributed by atoms with Crippen LogP contribution in [0.3, 0.4) is 0 Å². The number of aryl methyl sites for hydroxylation is 1. The Morgan fingerprint density at radius 1 is 1.11 bits per heavy atom. The van der Waals surface area contributed by atoms with Crippen LogP contribution >= 0.6 is 0 Å². The Morgan fingerprint density at radius 3 is 2.47 bits per heavy atom. The van der Waals surface area contributed by atoms with Gasteiger partial charge in [-0.05, 0) is 31.4 Å². The molecule has 0 unspecified atom stereocenters. The normalized spacial score (nSPS) is 10.8. The highest BCUT2D eigenvalue weighted by molar-refractivity contribution is 5.66. The Morgan fingerprint density at radius 2 is 1.79 bits per heavy atom. The zero-order chi connectivity index (χ0) is 14.0. The fourth-order valence-electron chi connectivity index (χ4n) is 2.01. The molecule has 3 N–H and O–H groups in total. The van der Waals surface area contributed by atoms with Gasteiger partial charge in [0.05, 0.1) is 0 Å². The van der Waals surface area contributed by atoms with Crippen LogP contribution in [0.1, 0.15) is 36.7 Å². The van der Waals surface area contributed by atoms with Crippen LogP contribution in [0.25, 0.3) is 0 Å². The molecule has 1 heterocycles. The molecule has 0 atom stereocenters. The van der Waals surface area contributed by atoms with Crippen LogP contribution in [0.5, 0.6) is 0 Å². The summed E-state index contributed by atoms with van der Waals surface area (Å²) in [6.07, 6.45) is 0. The zero-order valence-electron chi connectivity index (χ0n) is 11.9. The van der Waals surface area contributed by atoms with Crippen LogP contribution in [-0.4, -0.2) is 9.97 Å². The summed E-state index contributed by atoms with van der Waals surface area (Å²) in [7, 11) is 0. The molecule has 0 radical (unpaired) electrons. The van der Waals surface area contributed by atoms with Gasteiger partial charge in [0.15, 0.2) is 0 Å². The molecular weight excluding hydrogens is 236 g/mol. The molecule has 2 aromatic rings. The molecule has 1 aromatic carbocycles. The topological polar surface area (TPSA) is 63.8 Å². The average Bonchev–Trinajstić information content (AvgIpc) is 2.35. The Hall–Kier alpha value is -2.10. The van der Waals surface area contributed by atoms with Crippen molar-refractivity contribution in [2.45, 2.75) is 33.6 Å². The minimum Gasteiger partial charge on any atom is -0.383 e. The summed E-state index contributed by atoms with van der Waals surface area (Å²) in [5.74, 6) is 2.42.